The molecule has 3 aromatic rings. The third kappa shape index (κ3) is 4.29. The van der Waals surface area contributed by atoms with Crippen molar-refractivity contribution in [2.75, 3.05) is 24.7 Å². The lowest BCUT2D eigenvalue weighted by atomic mass is 9.94. The van der Waals surface area contributed by atoms with Gasteiger partial charge in [0.2, 0.25) is 0 Å². The molecule has 0 amide bonds. The first kappa shape index (κ1) is 23.2. The lowest BCUT2D eigenvalue weighted by Crippen LogP contribution is -2.50. The second kappa shape index (κ2) is 9.23. The molecule has 0 aliphatic carbocycles. The van der Waals surface area contributed by atoms with E-state index in [1.807, 2.05) is 13.0 Å². The van der Waals surface area contributed by atoms with Crippen molar-refractivity contribution in [3.05, 3.63) is 34.9 Å². The van der Waals surface area contributed by atoms with E-state index in [9.17, 15) is 0 Å². The number of aromatic nitrogens is 3. The van der Waals surface area contributed by atoms with Crippen molar-refractivity contribution < 1.29 is 13.7 Å². The zero-order valence-corrected chi connectivity index (χ0v) is 20.7. The van der Waals surface area contributed by atoms with Gasteiger partial charge in [-0.3, -0.25) is 0 Å². The molecule has 2 aliphatic heterocycles. The molecule has 8 heteroatoms. The summed E-state index contributed by atoms with van der Waals surface area (Å²) >= 11 is 0. The molecule has 1 unspecified atom stereocenters. The van der Waals surface area contributed by atoms with Crippen LogP contribution in [0.1, 0.15) is 62.9 Å². The maximum absolute atomic E-state index is 15.3. The fourth-order valence-electron chi connectivity index (χ4n) is 5.32. The zero-order valence-electron chi connectivity index (χ0n) is 20.7. The number of anilines is 1. The minimum absolute atomic E-state index is 0.212. The quantitative estimate of drug-likeness (QED) is 0.572. The topological polar surface area (TPSA) is 76.3 Å². The Morgan fingerprint density at radius 1 is 1.15 bits per heavy atom. The lowest BCUT2D eigenvalue weighted by Gasteiger charge is -2.40. The number of ether oxygens (including phenoxy) is 1. The molecule has 2 fully saturated rings. The summed E-state index contributed by atoms with van der Waals surface area (Å²) in [7, 11) is 0. The summed E-state index contributed by atoms with van der Waals surface area (Å²) in [5.74, 6) is 1.65. The molecular formula is C26H34FN5O2. The van der Waals surface area contributed by atoms with Crippen LogP contribution < -0.4 is 10.2 Å². The van der Waals surface area contributed by atoms with Gasteiger partial charge in [-0.15, -0.1) is 0 Å². The molecule has 2 saturated heterocycles. The predicted octanol–water partition coefficient (Wildman–Crippen LogP) is 4.90. The van der Waals surface area contributed by atoms with Crippen molar-refractivity contribution in [3.8, 4) is 11.5 Å². The van der Waals surface area contributed by atoms with Crippen LogP contribution >= 0.6 is 0 Å². The molecule has 2 aliphatic rings. The van der Waals surface area contributed by atoms with Gasteiger partial charge in [0.25, 0.3) is 5.89 Å². The van der Waals surface area contributed by atoms with Crippen LogP contribution in [0.25, 0.3) is 22.4 Å². The van der Waals surface area contributed by atoms with Gasteiger partial charge in [0.1, 0.15) is 17.2 Å². The first-order valence-corrected chi connectivity index (χ1v) is 12.4. The van der Waals surface area contributed by atoms with Crippen LogP contribution in [0.3, 0.4) is 0 Å². The molecule has 2 aromatic heterocycles. The van der Waals surface area contributed by atoms with Crippen molar-refractivity contribution in [3.63, 3.8) is 0 Å². The highest BCUT2D eigenvalue weighted by atomic mass is 19.1. The van der Waals surface area contributed by atoms with Gasteiger partial charge in [0, 0.05) is 36.7 Å². The minimum Gasteiger partial charge on any atom is -0.380 e. The molecule has 1 aromatic carbocycles. The summed E-state index contributed by atoms with van der Waals surface area (Å²) in [6.07, 6.45) is 3.03. The molecule has 182 valence electrons. The monoisotopic (exact) mass is 467 g/mol. The van der Waals surface area contributed by atoms with Crippen molar-refractivity contribution in [2.24, 2.45) is 0 Å². The second-order valence-electron chi connectivity index (χ2n) is 10.1. The lowest BCUT2D eigenvalue weighted by molar-refractivity contribution is 0.185. The van der Waals surface area contributed by atoms with E-state index in [1.165, 1.54) is 0 Å². The molecule has 3 atom stereocenters. The molecule has 34 heavy (non-hydrogen) atoms. The van der Waals surface area contributed by atoms with E-state index >= 15 is 4.39 Å². The average molecular weight is 468 g/mol. The number of rotatable bonds is 5. The molecule has 0 radical (unpaired) electrons. The second-order valence-corrected chi connectivity index (χ2v) is 10.1. The summed E-state index contributed by atoms with van der Waals surface area (Å²) in [5.41, 5.74) is 3.07. The Labute approximate surface area is 200 Å². The fraction of sp³-hybridized carbons (Fsp3) is 0.577. The van der Waals surface area contributed by atoms with Gasteiger partial charge in [-0.2, -0.15) is 4.98 Å². The molecule has 0 saturated carbocycles. The van der Waals surface area contributed by atoms with Gasteiger partial charge < -0.3 is 19.5 Å². The van der Waals surface area contributed by atoms with E-state index < -0.39 is 0 Å². The van der Waals surface area contributed by atoms with Gasteiger partial charge in [-0.05, 0) is 69.2 Å². The molecule has 7 nitrogen and oxygen atoms in total. The number of nitrogens with one attached hydrogen (secondary N) is 1. The van der Waals surface area contributed by atoms with E-state index in [4.69, 9.17) is 14.2 Å². The number of hydrogen-bond donors (Lipinski definition) is 1. The van der Waals surface area contributed by atoms with Crippen LogP contribution in [0.5, 0.6) is 0 Å². The Kier molecular flexibility index (Phi) is 6.29. The van der Waals surface area contributed by atoms with E-state index in [-0.39, 0.29) is 17.8 Å². The first-order valence-electron chi connectivity index (χ1n) is 12.4. The average Bonchev–Trinajstić information content (AvgIpc) is 3.46. The van der Waals surface area contributed by atoms with Gasteiger partial charge in [-0.1, -0.05) is 19.0 Å². The standard InChI is InChI=1S/C26H34FN5O2/c1-14(2)18-11-21-16(4)23(26-28-17(5)31-34-26)25(30-24(21)22(27)12-18)32-8-6-19(10-15(32)3)29-20-7-9-33-13-20/h11-12,14-15,19-20,29H,6-10,13H2,1-5H3/t15-,19-,20?/m1/s1. The van der Waals surface area contributed by atoms with Crippen LogP contribution in [0.4, 0.5) is 10.2 Å². The first-order chi connectivity index (χ1) is 16.3. The molecular weight excluding hydrogens is 433 g/mol. The van der Waals surface area contributed by atoms with Crippen molar-refractivity contribution in [2.45, 2.75) is 77.9 Å². The molecule has 1 N–H and O–H groups in total. The van der Waals surface area contributed by atoms with Gasteiger partial charge in [0.15, 0.2) is 5.82 Å². The van der Waals surface area contributed by atoms with E-state index in [0.717, 1.165) is 66.9 Å². The SMILES string of the molecule is Cc1noc(-c2c(N3CC[C@@H](NC4CCOC4)C[C@H]3C)nc3c(F)cc(C(C)C)cc3c2C)n1. The Hall–Kier alpha value is -2.58. The number of benzene rings is 1. The fourth-order valence-corrected chi connectivity index (χ4v) is 5.32. The molecule has 0 spiro atoms. The van der Waals surface area contributed by atoms with Gasteiger partial charge in [-0.25, -0.2) is 9.37 Å². The number of nitrogens with zero attached hydrogens (tertiary/aromatic N) is 4. The molecule has 5 rings (SSSR count). The number of fused-ring (bicyclic) bond motifs is 1. The number of halogens is 1. The summed E-state index contributed by atoms with van der Waals surface area (Å²) in [6, 6.07) is 4.75. The van der Waals surface area contributed by atoms with Gasteiger partial charge >= 0.3 is 0 Å². The van der Waals surface area contributed by atoms with E-state index in [1.54, 1.807) is 13.0 Å². The van der Waals surface area contributed by atoms with Crippen LogP contribution in [-0.4, -0.2) is 53.0 Å². The van der Waals surface area contributed by atoms with Crippen molar-refractivity contribution >= 4 is 16.7 Å². The van der Waals surface area contributed by atoms with Crippen LogP contribution in [0.2, 0.25) is 0 Å². The number of pyridine rings is 1. The highest BCUT2D eigenvalue weighted by Gasteiger charge is 2.32. The summed E-state index contributed by atoms with van der Waals surface area (Å²) < 4.78 is 26.5. The Morgan fingerprint density at radius 3 is 2.62 bits per heavy atom. The third-order valence-electron chi connectivity index (χ3n) is 7.26. The third-order valence-corrected chi connectivity index (χ3v) is 7.26. The largest absolute Gasteiger partial charge is 0.380 e. The normalized spacial score (nSPS) is 23.4. The van der Waals surface area contributed by atoms with E-state index in [0.29, 0.717) is 29.3 Å². The summed E-state index contributed by atoms with van der Waals surface area (Å²) in [6.45, 7) is 12.6. The maximum atomic E-state index is 15.3. The number of hydrogen-bond acceptors (Lipinski definition) is 7. The van der Waals surface area contributed by atoms with Crippen LogP contribution in [0.15, 0.2) is 16.7 Å². The van der Waals surface area contributed by atoms with Gasteiger partial charge in [0.05, 0.1) is 12.2 Å². The van der Waals surface area contributed by atoms with Crippen LogP contribution in [0, 0.1) is 19.7 Å². The Morgan fingerprint density at radius 2 is 1.97 bits per heavy atom. The highest BCUT2D eigenvalue weighted by Crippen LogP contribution is 2.39. The molecule has 4 heterocycles. The minimum atomic E-state index is -0.288. The Balaban J connectivity index is 1.57. The van der Waals surface area contributed by atoms with Crippen molar-refractivity contribution in [1.82, 2.24) is 20.4 Å². The zero-order chi connectivity index (χ0) is 24.0. The van der Waals surface area contributed by atoms with Crippen molar-refractivity contribution in [1.29, 1.82) is 0 Å². The van der Waals surface area contributed by atoms with Crippen LogP contribution in [-0.2, 0) is 4.74 Å². The predicted molar refractivity (Wildman–Crippen MR) is 131 cm³/mol. The summed E-state index contributed by atoms with van der Waals surface area (Å²) in [5, 5.41) is 8.58. The highest BCUT2D eigenvalue weighted by molar-refractivity contribution is 5.93. The molecule has 0 bridgehead atoms. The smallest absolute Gasteiger partial charge is 0.261 e. The Bertz CT molecular complexity index is 1190. The maximum Gasteiger partial charge on any atom is 0.261 e. The van der Waals surface area contributed by atoms with E-state index in [2.05, 4.69) is 41.1 Å². The summed E-state index contributed by atoms with van der Waals surface area (Å²) in [4.78, 5) is 11.7. The number of aryl methyl sites for hydroxylation is 2. The number of piperidine rings is 1.